The number of benzene rings is 2. The smallest absolute Gasteiger partial charge is 0.234 e. The van der Waals surface area contributed by atoms with Gasteiger partial charge in [0.15, 0.2) is 17.1 Å². The first-order chi connectivity index (χ1) is 15.1. The lowest BCUT2D eigenvalue weighted by Crippen LogP contribution is -2.15. The fraction of sp³-hybridized carbons (Fsp3) is 0.375. The van der Waals surface area contributed by atoms with Crippen LogP contribution < -0.4 is 10.1 Å². The number of carbonyl (C=O) groups is 1. The molecule has 0 spiro atoms. The van der Waals surface area contributed by atoms with Crippen molar-refractivity contribution < 1.29 is 9.53 Å². The molecule has 0 aliphatic rings. The second-order valence-corrected chi connectivity index (χ2v) is 10.0. The SMILES string of the molecule is Cc1c(Cl)cccc1NC(=O)CSc1nnc(C(C)Oc2ccc(C(C)(C)C)cc2)n1C. The molecule has 1 amide bonds. The Bertz CT molecular complexity index is 1090. The van der Waals surface area contributed by atoms with E-state index in [-0.39, 0.29) is 23.2 Å². The van der Waals surface area contributed by atoms with Crippen LogP contribution in [-0.2, 0) is 17.3 Å². The molecule has 1 unspecified atom stereocenters. The van der Waals surface area contributed by atoms with Crippen LogP contribution in [0.3, 0.4) is 0 Å². The normalized spacial score (nSPS) is 12.5. The Kier molecular flexibility index (Phi) is 7.51. The van der Waals surface area contributed by atoms with Crippen LogP contribution in [-0.4, -0.2) is 26.4 Å². The molecule has 6 nitrogen and oxygen atoms in total. The van der Waals surface area contributed by atoms with Crippen molar-refractivity contribution in [2.75, 3.05) is 11.1 Å². The molecule has 8 heteroatoms. The summed E-state index contributed by atoms with van der Waals surface area (Å²) >= 11 is 7.44. The lowest BCUT2D eigenvalue weighted by Gasteiger charge is -2.20. The van der Waals surface area contributed by atoms with Crippen LogP contribution in [0, 0.1) is 6.92 Å². The molecule has 1 N–H and O–H groups in total. The third-order valence-corrected chi connectivity index (χ3v) is 6.57. The van der Waals surface area contributed by atoms with Gasteiger partial charge in [0, 0.05) is 17.8 Å². The third-order valence-electron chi connectivity index (χ3n) is 5.14. The van der Waals surface area contributed by atoms with Crippen LogP contribution in [0.4, 0.5) is 5.69 Å². The highest BCUT2D eigenvalue weighted by Crippen LogP contribution is 2.28. The maximum absolute atomic E-state index is 12.4. The Labute approximate surface area is 198 Å². The van der Waals surface area contributed by atoms with Gasteiger partial charge in [0.2, 0.25) is 5.91 Å². The lowest BCUT2D eigenvalue weighted by molar-refractivity contribution is -0.113. The predicted molar refractivity (Wildman–Crippen MR) is 131 cm³/mol. The van der Waals surface area contributed by atoms with Gasteiger partial charge >= 0.3 is 0 Å². The summed E-state index contributed by atoms with van der Waals surface area (Å²) in [4.78, 5) is 12.4. The van der Waals surface area contributed by atoms with E-state index < -0.39 is 0 Å². The molecule has 0 radical (unpaired) electrons. The molecule has 170 valence electrons. The Morgan fingerprint density at radius 2 is 1.88 bits per heavy atom. The van der Waals surface area contributed by atoms with Crippen molar-refractivity contribution in [2.45, 2.75) is 51.3 Å². The molecule has 0 saturated heterocycles. The Morgan fingerprint density at radius 3 is 2.53 bits per heavy atom. The summed E-state index contributed by atoms with van der Waals surface area (Å²) in [5.74, 6) is 1.55. The molecule has 2 aromatic carbocycles. The summed E-state index contributed by atoms with van der Waals surface area (Å²) < 4.78 is 7.92. The highest BCUT2D eigenvalue weighted by molar-refractivity contribution is 7.99. The number of nitrogens with one attached hydrogen (secondary N) is 1. The maximum atomic E-state index is 12.4. The van der Waals surface area contributed by atoms with Crippen molar-refractivity contribution in [2.24, 2.45) is 7.05 Å². The van der Waals surface area contributed by atoms with Gasteiger partial charge in [-0.1, -0.05) is 62.3 Å². The van der Waals surface area contributed by atoms with Crippen molar-refractivity contribution in [3.8, 4) is 5.75 Å². The zero-order valence-corrected chi connectivity index (χ0v) is 20.8. The molecule has 1 aromatic heterocycles. The van der Waals surface area contributed by atoms with E-state index in [0.717, 1.165) is 11.3 Å². The number of hydrogen-bond donors (Lipinski definition) is 1. The van der Waals surface area contributed by atoms with Gasteiger partial charge in [-0.25, -0.2) is 0 Å². The van der Waals surface area contributed by atoms with Crippen LogP contribution in [0.1, 0.15) is 50.8 Å². The van der Waals surface area contributed by atoms with Crippen molar-refractivity contribution in [3.63, 3.8) is 0 Å². The van der Waals surface area contributed by atoms with Crippen molar-refractivity contribution in [3.05, 3.63) is 64.4 Å². The number of amides is 1. The number of anilines is 1. The molecule has 0 aliphatic heterocycles. The first kappa shape index (κ1) is 24.1. The highest BCUT2D eigenvalue weighted by atomic mass is 35.5. The number of hydrogen-bond acceptors (Lipinski definition) is 5. The fourth-order valence-corrected chi connectivity index (χ4v) is 4.05. The van der Waals surface area contributed by atoms with Crippen molar-refractivity contribution in [1.29, 1.82) is 0 Å². The van der Waals surface area contributed by atoms with Gasteiger partial charge in [-0.05, 0) is 54.7 Å². The van der Waals surface area contributed by atoms with E-state index >= 15 is 0 Å². The highest BCUT2D eigenvalue weighted by Gasteiger charge is 2.19. The fourth-order valence-electron chi connectivity index (χ4n) is 3.16. The quantitative estimate of drug-likeness (QED) is 0.430. The second-order valence-electron chi connectivity index (χ2n) is 8.68. The molecule has 0 aliphatic carbocycles. The van der Waals surface area contributed by atoms with Crippen molar-refractivity contribution in [1.82, 2.24) is 14.8 Å². The summed E-state index contributed by atoms with van der Waals surface area (Å²) in [6.45, 7) is 10.4. The molecule has 32 heavy (non-hydrogen) atoms. The van der Waals surface area contributed by atoms with E-state index in [1.165, 1.54) is 17.3 Å². The molecular weight excluding hydrogens is 444 g/mol. The van der Waals surface area contributed by atoms with Gasteiger partial charge in [-0.2, -0.15) is 0 Å². The maximum Gasteiger partial charge on any atom is 0.234 e. The first-order valence-corrected chi connectivity index (χ1v) is 11.8. The minimum absolute atomic E-state index is 0.0949. The molecule has 1 atom stereocenters. The molecular formula is C24H29ClN4O2S. The van der Waals surface area contributed by atoms with Gasteiger partial charge in [0.05, 0.1) is 5.75 Å². The van der Waals surface area contributed by atoms with E-state index in [4.69, 9.17) is 16.3 Å². The van der Waals surface area contributed by atoms with Gasteiger partial charge in [-0.15, -0.1) is 10.2 Å². The molecule has 0 bridgehead atoms. The number of ether oxygens (including phenoxy) is 1. The molecule has 1 heterocycles. The van der Waals surface area contributed by atoms with Crippen LogP contribution >= 0.6 is 23.4 Å². The Morgan fingerprint density at radius 1 is 1.19 bits per heavy atom. The van der Waals surface area contributed by atoms with Crippen LogP contribution in [0.15, 0.2) is 47.6 Å². The van der Waals surface area contributed by atoms with E-state index in [2.05, 4.69) is 48.4 Å². The number of rotatable bonds is 7. The molecule has 0 fully saturated rings. The number of nitrogens with zero attached hydrogens (tertiary/aromatic N) is 3. The van der Waals surface area contributed by atoms with Gasteiger partial charge in [0.25, 0.3) is 0 Å². The molecule has 3 rings (SSSR count). The monoisotopic (exact) mass is 472 g/mol. The van der Waals surface area contributed by atoms with Crippen molar-refractivity contribution >= 4 is 35.0 Å². The minimum atomic E-state index is -0.287. The lowest BCUT2D eigenvalue weighted by atomic mass is 9.87. The number of halogens is 1. The first-order valence-electron chi connectivity index (χ1n) is 10.4. The standard InChI is InChI=1S/C24H29ClN4O2S/c1-15-19(25)8-7-9-20(15)26-21(30)14-32-23-28-27-22(29(23)6)16(2)31-18-12-10-17(11-13-18)24(3,4)5/h7-13,16H,14H2,1-6H3,(H,26,30). The minimum Gasteiger partial charge on any atom is -0.483 e. The van der Waals surface area contributed by atoms with E-state index in [1.807, 2.05) is 49.7 Å². The third kappa shape index (κ3) is 5.84. The van der Waals surface area contributed by atoms with Gasteiger partial charge < -0.3 is 14.6 Å². The van der Waals surface area contributed by atoms with E-state index in [9.17, 15) is 4.79 Å². The molecule has 3 aromatic rings. The summed E-state index contributed by atoms with van der Waals surface area (Å²) in [6.07, 6.45) is -0.287. The Balaban J connectivity index is 1.59. The van der Waals surface area contributed by atoms with Crippen LogP contribution in [0.2, 0.25) is 5.02 Å². The van der Waals surface area contributed by atoms with Gasteiger partial charge in [-0.3, -0.25) is 4.79 Å². The summed E-state index contributed by atoms with van der Waals surface area (Å²) in [5, 5.41) is 12.7. The van der Waals surface area contributed by atoms with E-state index in [0.29, 0.717) is 21.7 Å². The largest absolute Gasteiger partial charge is 0.483 e. The predicted octanol–water partition coefficient (Wildman–Crippen LogP) is 5.95. The number of carbonyl (C=O) groups excluding carboxylic acids is 1. The number of aromatic nitrogens is 3. The van der Waals surface area contributed by atoms with E-state index in [1.54, 1.807) is 6.07 Å². The summed E-state index contributed by atoms with van der Waals surface area (Å²) in [6, 6.07) is 13.6. The zero-order chi connectivity index (χ0) is 23.5. The summed E-state index contributed by atoms with van der Waals surface area (Å²) in [7, 11) is 1.87. The molecule has 0 saturated carbocycles. The Hall–Kier alpha value is -2.51. The topological polar surface area (TPSA) is 69.0 Å². The number of thioether (sulfide) groups is 1. The van der Waals surface area contributed by atoms with Gasteiger partial charge in [0.1, 0.15) is 5.75 Å². The average Bonchev–Trinajstić information content (AvgIpc) is 3.10. The van der Waals surface area contributed by atoms with Crippen LogP contribution in [0.5, 0.6) is 5.75 Å². The van der Waals surface area contributed by atoms with Crippen LogP contribution in [0.25, 0.3) is 0 Å². The zero-order valence-electron chi connectivity index (χ0n) is 19.3. The second kappa shape index (κ2) is 9.96. The summed E-state index contributed by atoms with van der Waals surface area (Å²) in [5.41, 5.74) is 2.90. The average molecular weight is 473 g/mol.